The van der Waals surface area contributed by atoms with Gasteiger partial charge in [0.15, 0.2) is 0 Å². The molecule has 0 spiro atoms. The quantitative estimate of drug-likeness (QED) is 0.873. The number of imidazole rings is 1. The molecule has 0 unspecified atom stereocenters. The van der Waals surface area contributed by atoms with E-state index in [0.29, 0.717) is 6.04 Å². The van der Waals surface area contributed by atoms with Crippen molar-refractivity contribution in [3.63, 3.8) is 0 Å². The van der Waals surface area contributed by atoms with E-state index in [0.717, 1.165) is 12.4 Å². The van der Waals surface area contributed by atoms with Gasteiger partial charge in [-0.15, -0.1) is 0 Å². The van der Waals surface area contributed by atoms with Crippen molar-refractivity contribution in [3.05, 3.63) is 53.6 Å². The minimum atomic E-state index is 0.339. The first-order valence-corrected chi connectivity index (χ1v) is 5.93. The lowest BCUT2D eigenvalue weighted by atomic mass is 10.1. The van der Waals surface area contributed by atoms with Crippen LogP contribution in [0.4, 0.5) is 0 Å². The SMILES string of the molecule is Cc1cccc([C@H](C)NCc2nccn2C)c1. The van der Waals surface area contributed by atoms with Crippen molar-refractivity contribution >= 4 is 0 Å². The highest BCUT2D eigenvalue weighted by Crippen LogP contribution is 2.14. The summed E-state index contributed by atoms with van der Waals surface area (Å²) < 4.78 is 2.04. The van der Waals surface area contributed by atoms with Gasteiger partial charge in [0.25, 0.3) is 0 Å². The summed E-state index contributed by atoms with van der Waals surface area (Å²) in [5.41, 5.74) is 2.62. The molecule has 0 fully saturated rings. The molecule has 0 saturated heterocycles. The maximum absolute atomic E-state index is 4.30. The van der Waals surface area contributed by atoms with Gasteiger partial charge >= 0.3 is 0 Å². The minimum absolute atomic E-state index is 0.339. The Balaban J connectivity index is 1.98. The molecule has 1 atom stereocenters. The zero-order chi connectivity index (χ0) is 12.3. The molecule has 0 aliphatic heterocycles. The van der Waals surface area contributed by atoms with E-state index in [1.165, 1.54) is 11.1 Å². The van der Waals surface area contributed by atoms with Crippen LogP contribution in [-0.4, -0.2) is 9.55 Å². The van der Waals surface area contributed by atoms with Crippen LogP contribution in [0.3, 0.4) is 0 Å². The molecule has 0 amide bonds. The van der Waals surface area contributed by atoms with Gasteiger partial charge in [-0.1, -0.05) is 29.8 Å². The van der Waals surface area contributed by atoms with Gasteiger partial charge < -0.3 is 9.88 Å². The maximum atomic E-state index is 4.30. The molecule has 17 heavy (non-hydrogen) atoms. The summed E-state index contributed by atoms with van der Waals surface area (Å²) in [6, 6.07) is 8.93. The first-order chi connectivity index (χ1) is 8.16. The lowest BCUT2D eigenvalue weighted by Gasteiger charge is -2.14. The fraction of sp³-hybridized carbons (Fsp3) is 0.357. The molecule has 0 aliphatic rings. The predicted octanol–water partition coefficient (Wildman–Crippen LogP) is 2.58. The number of aromatic nitrogens is 2. The number of rotatable bonds is 4. The Morgan fingerprint density at radius 1 is 1.41 bits per heavy atom. The van der Waals surface area contributed by atoms with Crippen LogP contribution in [-0.2, 0) is 13.6 Å². The number of nitrogens with zero attached hydrogens (tertiary/aromatic N) is 2. The molecule has 3 nitrogen and oxygen atoms in total. The molecule has 1 heterocycles. The Morgan fingerprint density at radius 2 is 2.24 bits per heavy atom. The molecular weight excluding hydrogens is 210 g/mol. The highest BCUT2D eigenvalue weighted by Gasteiger charge is 2.06. The monoisotopic (exact) mass is 229 g/mol. The number of benzene rings is 1. The summed E-state index contributed by atoms with van der Waals surface area (Å²) >= 11 is 0. The van der Waals surface area contributed by atoms with E-state index in [2.05, 4.69) is 48.4 Å². The van der Waals surface area contributed by atoms with Crippen molar-refractivity contribution in [1.29, 1.82) is 0 Å². The van der Waals surface area contributed by atoms with E-state index in [1.54, 1.807) is 0 Å². The van der Waals surface area contributed by atoms with E-state index in [4.69, 9.17) is 0 Å². The smallest absolute Gasteiger partial charge is 0.122 e. The normalized spacial score (nSPS) is 12.6. The molecule has 2 rings (SSSR count). The number of hydrogen-bond acceptors (Lipinski definition) is 2. The highest BCUT2D eigenvalue weighted by atomic mass is 15.1. The van der Waals surface area contributed by atoms with E-state index in [9.17, 15) is 0 Å². The lowest BCUT2D eigenvalue weighted by Crippen LogP contribution is -2.20. The summed E-state index contributed by atoms with van der Waals surface area (Å²) in [5.74, 6) is 1.06. The minimum Gasteiger partial charge on any atom is -0.337 e. The van der Waals surface area contributed by atoms with Crippen LogP contribution in [0.25, 0.3) is 0 Å². The van der Waals surface area contributed by atoms with Gasteiger partial charge in [-0.25, -0.2) is 4.98 Å². The zero-order valence-electron chi connectivity index (χ0n) is 10.6. The van der Waals surface area contributed by atoms with Crippen LogP contribution >= 0.6 is 0 Å². The molecule has 90 valence electrons. The molecule has 1 aromatic heterocycles. The molecule has 0 saturated carbocycles. The molecule has 2 aromatic rings. The Labute approximate surface area is 103 Å². The van der Waals surface area contributed by atoms with E-state index in [-0.39, 0.29) is 0 Å². The standard InChI is InChI=1S/C14H19N3/c1-11-5-4-6-13(9-11)12(2)16-10-14-15-7-8-17(14)3/h4-9,12,16H,10H2,1-3H3/t12-/m0/s1. The van der Waals surface area contributed by atoms with Crippen molar-refractivity contribution in [2.24, 2.45) is 7.05 Å². The highest BCUT2D eigenvalue weighted by molar-refractivity contribution is 5.24. The van der Waals surface area contributed by atoms with Gasteiger partial charge in [-0.05, 0) is 19.4 Å². The average Bonchev–Trinajstić information content (AvgIpc) is 2.72. The summed E-state index contributed by atoms with van der Waals surface area (Å²) in [7, 11) is 2.02. The zero-order valence-corrected chi connectivity index (χ0v) is 10.6. The Hall–Kier alpha value is -1.61. The lowest BCUT2D eigenvalue weighted by molar-refractivity contribution is 0.549. The first-order valence-electron chi connectivity index (χ1n) is 5.93. The van der Waals surface area contributed by atoms with Crippen molar-refractivity contribution < 1.29 is 0 Å². The first kappa shape index (κ1) is 11.9. The van der Waals surface area contributed by atoms with E-state index < -0.39 is 0 Å². The van der Waals surface area contributed by atoms with Crippen molar-refractivity contribution in [1.82, 2.24) is 14.9 Å². The van der Waals surface area contributed by atoms with Crippen LogP contribution in [0.2, 0.25) is 0 Å². The van der Waals surface area contributed by atoms with E-state index in [1.807, 2.05) is 24.0 Å². The largest absolute Gasteiger partial charge is 0.337 e. The number of aryl methyl sites for hydroxylation is 2. The van der Waals surface area contributed by atoms with Gasteiger partial charge in [0.05, 0.1) is 6.54 Å². The average molecular weight is 229 g/mol. The fourth-order valence-corrected chi connectivity index (χ4v) is 1.87. The summed E-state index contributed by atoms with van der Waals surface area (Å²) in [5, 5.41) is 3.49. The summed E-state index contributed by atoms with van der Waals surface area (Å²) in [6.07, 6.45) is 3.79. The van der Waals surface area contributed by atoms with Crippen LogP contribution in [0.5, 0.6) is 0 Å². The van der Waals surface area contributed by atoms with Crippen LogP contribution < -0.4 is 5.32 Å². The molecule has 0 aliphatic carbocycles. The molecule has 0 radical (unpaired) electrons. The van der Waals surface area contributed by atoms with Crippen LogP contribution in [0.1, 0.15) is 29.9 Å². The van der Waals surface area contributed by atoms with Gasteiger partial charge in [-0.2, -0.15) is 0 Å². The van der Waals surface area contributed by atoms with Crippen LogP contribution in [0, 0.1) is 6.92 Å². The third-order valence-electron chi connectivity index (χ3n) is 3.03. The third-order valence-corrected chi connectivity index (χ3v) is 3.03. The number of hydrogen-bond donors (Lipinski definition) is 1. The molecule has 1 N–H and O–H groups in total. The summed E-state index contributed by atoms with van der Waals surface area (Å²) in [4.78, 5) is 4.30. The topological polar surface area (TPSA) is 29.9 Å². The molecular formula is C14H19N3. The molecule has 3 heteroatoms. The Kier molecular flexibility index (Phi) is 3.59. The van der Waals surface area contributed by atoms with Crippen LogP contribution in [0.15, 0.2) is 36.7 Å². The Bertz CT molecular complexity index is 488. The summed E-state index contributed by atoms with van der Waals surface area (Å²) in [6.45, 7) is 5.09. The second kappa shape index (κ2) is 5.15. The molecule has 0 bridgehead atoms. The number of nitrogens with one attached hydrogen (secondary N) is 1. The fourth-order valence-electron chi connectivity index (χ4n) is 1.87. The second-order valence-corrected chi connectivity index (χ2v) is 4.47. The van der Waals surface area contributed by atoms with Gasteiger partial charge in [0, 0.05) is 25.5 Å². The second-order valence-electron chi connectivity index (χ2n) is 4.47. The van der Waals surface area contributed by atoms with Crippen molar-refractivity contribution in [2.75, 3.05) is 0 Å². The van der Waals surface area contributed by atoms with Crippen molar-refractivity contribution in [2.45, 2.75) is 26.4 Å². The van der Waals surface area contributed by atoms with E-state index >= 15 is 0 Å². The Morgan fingerprint density at radius 3 is 2.88 bits per heavy atom. The molecule has 1 aromatic carbocycles. The van der Waals surface area contributed by atoms with Gasteiger partial charge in [0.1, 0.15) is 5.82 Å². The van der Waals surface area contributed by atoms with Crippen molar-refractivity contribution in [3.8, 4) is 0 Å². The van der Waals surface area contributed by atoms with Gasteiger partial charge in [0.2, 0.25) is 0 Å². The van der Waals surface area contributed by atoms with Gasteiger partial charge in [-0.3, -0.25) is 0 Å². The predicted molar refractivity (Wildman–Crippen MR) is 69.6 cm³/mol. The maximum Gasteiger partial charge on any atom is 0.122 e. The third kappa shape index (κ3) is 2.94.